The summed E-state index contributed by atoms with van der Waals surface area (Å²) in [4.78, 5) is 26.3. The smallest absolute Gasteiger partial charge is 0.306 e. The summed E-state index contributed by atoms with van der Waals surface area (Å²) in [5.41, 5.74) is 0. The van der Waals surface area contributed by atoms with Crippen molar-refractivity contribution in [1.29, 1.82) is 0 Å². The van der Waals surface area contributed by atoms with E-state index in [1.54, 1.807) is 0 Å². The molecule has 0 spiro atoms. The molecule has 0 aromatic carbocycles. The van der Waals surface area contributed by atoms with Gasteiger partial charge in [0.05, 0.1) is 25.2 Å². The fourth-order valence-electron chi connectivity index (χ4n) is 9.13. The molecule has 0 heterocycles. The molecule has 0 fully saturated rings. The summed E-state index contributed by atoms with van der Waals surface area (Å²) < 4.78 is 5.94. The zero-order valence-corrected chi connectivity index (χ0v) is 45.5. The number of aliphatic hydroxyl groups excluding tert-OH is 2. The van der Waals surface area contributed by atoms with Gasteiger partial charge < -0.3 is 20.3 Å². The van der Waals surface area contributed by atoms with Crippen LogP contribution in [0.1, 0.15) is 310 Å². The average Bonchev–Trinajstić information content (AvgIpc) is 3.33. The van der Waals surface area contributed by atoms with E-state index in [9.17, 15) is 19.8 Å². The van der Waals surface area contributed by atoms with Crippen LogP contribution in [0.5, 0.6) is 0 Å². The number of allylic oxidation sites excluding steroid dienone is 8. The predicted molar refractivity (Wildman–Crippen MR) is 296 cm³/mol. The van der Waals surface area contributed by atoms with Gasteiger partial charge >= 0.3 is 5.97 Å². The first-order valence-electron chi connectivity index (χ1n) is 29.9. The largest absolute Gasteiger partial charge is 0.462 e. The zero-order chi connectivity index (χ0) is 49.5. The van der Waals surface area contributed by atoms with E-state index in [1.807, 2.05) is 0 Å². The Bertz CT molecular complexity index is 1160. The quantitative estimate of drug-likeness (QED) is 0.0321. The molecule has 6 nitrogen and oxygen atoms in total. The molecule has 0 aromatic rings. The summed E-state index contributed by atoms with van der Waals surface area (Å²) in [7, 11) is 0. The first kappa shape index (κ1) is 65.8. The second-order valence-corrected chi connectivity index (χ2v) is 20.4. The molecule has 398 valence electrons. The highest BCUT2D eigenvalue weighted by molar-refractivity contribution is 5.77. The van der Waals surface area contributed by atoms with Gasteiger partial charge in [0.2, 0.25) is 5.91 Å². The highest BCUT2D eigenvalue weighted by atomic mass is 16.5. The second kappa shape index (κ2) is 55.7. The van der Waals surface area contributed by atoms with Crippen LogP contribution in [-0.4, -0.2) is 46.9 Å². The van der Waals surface area contributed by atoms with E-state index in [-0.39, 0.29) is 24.9 Å². The maximum Gasteiger partial charge on any atom is 0.306 e. The Balaban J connectivity index is 4.61. The lowest BCUT2D eigenvalue weighted by Gasteiger charge is -2.24. The van der Waals surface area contributed by atoms with Crippen molar-refractivity contribution in [2.75, 3.05) is 6.61 Å². The first-order valence-corrected chi connectivity index (χ1v) is 29.9. The number of aliphatic hydroxyl groups is 2. The second-order valence-electron chi connectivity index (χ2n) is 20.4. The summed E-state index contributed by atoms with van der Waals surface area (Å²) in [5, 5.41) is 23.9. The van der Waals surface area contributed by atoms with Crippen LogP contribution in [0.15, 0.2) is 48.6 Å². The van der Waals surface area contributed by atoms with Crippen LogP contribution in [0, 0.1) is 0 Å². The minimum Gasteiger partial charge on any atom is -0.462 e. The highest BCUT2D eigenvalue weighted by Crippen LogP contribution is 2.18. The Morgan fingerprint density at radius 2 is 0.765 bits per heavy atom. The lowest BCUT2D eigenvalue weighted by molar-refractivity contribution is -0.151. The van der Waals surface area contributed by atoms with Crippen molar-refractivity contribution >= 4 is 11.9 Å². The average molecular weight is 955 g/mol. The fourth-order valence-corrected chi connectivity index (χ4v) is 9.13. The Kier molecular flexibility index (Phi) is 54.0. The number of carbonyl (C=O) groups is 2. The van der Waals surface area contributed by atoms with Crippen LogP contribution in [0.25, 0.3) is 0 Å². The number of esters is 1. The number of hydrogen-bond acceptors (Lipinski definition) is 5. The predicted octanol–water partition coefficient (Wildman–Crippen LogP) is 18.6. The topological polar surface area (TPSA) is 95.9 Å². The molecular formula is C62H115NO5. The number of rotatable bonds is 54. The highest BCUT2D eigenvalue weighted by Gasteiger charge is 2.24. The minimum atomic E-state index is -0.802. The van der Waals surface area contributed by atoms with E-state index in [4.69, 9.17) is 4.74 Å². The van der Waals surface area contributed by atoms with Crippen molar-refractivity contribution < 1.29 is 24.5 Å². The van der Waals surface area contributed by atoms with Gasteiger partial charge in [-0.15, -0.1) is 0 Å². The van der Waals surface area contributed by atoms with Crippen molar-refractivity contribution in [1.82, 2.24) is 5.32 Å². The number of nitrogens with one attached hydrogen (secondary N) is 1. The lowest BCUT2D eigenvalue weighted by atomic mass is 10.0. The third-order valence-electron chi connectivity index (χ3n) is 13.7. The molecule has 0 aliphatic rings. The molecule has 6 heteroatoms. The lowest BCUT2D eigenvalue weighted by Crippen LogP contribution is -2.46. The standard InChI is InChI=1S/C62H115NO5/c1-4-7-10-13-16-19-22-25-28-30-33-35-38-41-44-47-50-53-58(68-62(67)55-52-49-46-43-40-37-32-27-24-21-18-15-12-9-6-3)56-61(66)63-59(57-64)60(65)54-51-48-45-42-39-36-34-31-29-26-23-20-17-14-11-8-5-2/h16,19,25,28,33,35,41,44,58-60,64-65H,4-15,17-18,20-24,26-27,29-32,34,36-40,42-43,45-57H2,1-3H3,(H,63,66)/b19-16-,28-25-,35-33-,44-41-. The fraction of sp³-hybridized carbons (Fsp3) is 0.839. The van der Waals surface area contributed by atoms with Gasteiger partial charge in [-0.2, -0.15) is 0 Å². The molecule has 1 amide bonds. The number of carbonyl (C=O) groups excluding carboxylic acids is 2. The monoisotopic (exact) mass is 954 g/mol. The van der Waals surface area contributed by atoms with Gasteiger partial charge in [-0.1, -0.05) is 281 Å². The number of unbranched alkanes of at least 4 members (excludes halogenated alkanes) is 34. The minimum absolute atomic E-state index is 0.0432. The van der Waals surface area contributed by atoms with Gasteiger partial charge in [0.15, 0.2) is 0 Å². The van der Waals surface area contributed by atoms with Crippen molar-refractivity contribution in [2.24, 2.45) is 0 Å². The van der Waals surface area contributed by atoms with Gasteiger partial charge in [0, 0.05) is 6.42 Å². The maximum absolute atomic E-state index is 13.3. The molecule has 0 bridgehead atoms. The van der Waals surface area contributed by atoms with Crippen LogP contribution in [0.2, 0.25) is 0 Å². The van der Waals surface area contributed by atoms with Crippen molar-refractivity contribution in [3.8, 4) is 0 Å². The third kappa shape index (κ3) is 50.2. The van der Waals surface area contributed by atoms with E-state index in [1.165, 1.54) is 193 Å². The number of amides is 1. The summed E-state index contributed by atoms with van der Waals surface area (Å²) in [6.45, 7) is 6.48. The van der Waals surface area contributed by atoms with E-state index < -0.39 is 18.2 Å². The summed E-state index contributed by atoms with van der Waals surface area (Å²) >= 11 is 0. The van der Waals surface area contributed by atoms with Gasteiger partial charge in [0.1, 0.15) is 6.10 Å². The number of ether oxygens (including phenoxy) is 1. The van der Waals surface area contributed by atoms with Crippen molar-refractivity contribution in [3.63, 3.8) is 0 Å². The normalized spacial score (nSPS) is 13.4. The van der Waals surface area contributed by atoms with E-state index in [0.717, 1.165) is 70.6 Å². The van der Waals surface area contributed by atoms with Crippen LogP contribution >= 0.6 is 0 Å². The Morgan fingerprint density at radius 3 is 1.16 bits per heavy atom. The van der Waals surface area contributed by atoms with E-state index in [0.29, 0.717) is 19.3 Å². The number of hydrogen-bond donors (Lipinski definition) is 3. The molecule has 3 atom stereocenters. The molecule has 0 rings (SSSR count). The van der Waals surface area contributed by atoms with Gasteiger partial charge in [-0.25, -0.2) is 0 Å². The van der Waals surface area contributed by atoms with Gasteiger partial charge in [-0.05, 0) is 64.2 Å². The molecule has 68 heavy (non-hydrogen) atoms. The van der Waals surface area contributed by atoms with Crippen LogP contribution in [0.4, 0.5) is 0 Å². The summed E-state index contributed by atoms with van der Waals surface area (Å²) in [6.07, 6.45) is 69.0. The molecule has 0 radical (unpaired) electrons. The molecule has 3 unspecified atom stereocenters. The maximum atomic E-state index is 13.3. The molecule has 0 saturated carbocycles. The Morgan fingerprint density at radius 1 is 0.426 bits per heavy atom. The van der Waals surface area contributed by atoms with Crippen LogP contribution in [-0.2, 0) is 14.3 Å². The summed E-state index contributed by atoms with van der Waals surface area (Å²) in [5.74, 6) is -0.513. The van der Waals surface area contributed by atoms with E-state index in [2.05, 4.69) is 74.7 Å². The molecule has 0 aliphatic heterocycles. The van der Waals surface area contributed by atoms with Gasteiger partial charge in [-0.3, -0.25) is 9.59 Å². The van der Waals surface area contributed by atoms with E-state index >= 15 is 0 Å². The summed E-state index contributed by atoms with van der Waals surface area (Å²) in [6, 6.07) is -0.719. The first-order chi connectivity index (χ1) is 33.5. The van der Waals surface area contributed by atoms with Crippen LogP contribution in [0.3, 0.4) is 0 Å². The molecule has 0 aromatic heterocycles. The third-order valence-corrected chi connectivity index (χ3v) is 13.7. The van der Waals surface area contributed by atoms with Crippen molar-refractivity contribution in [2.45, 2.75) is 328 Å². The molecular weight excluding hydrogens is 839 g/mol. The van der Waals surface area contributed by atoms with Gasteiger partial charge in [0.25, 0.3) is 0 Å². The molecule has 0 aliphatic carbocycles. The Hall–Kier alpha value is -2.18. The zero-order valence-electron chi connectivity index (χ0n) is 45.5. The SMILES string of the molecule is CCCCC/C=C\C/C=C\C/C=C\C/C=C\CCCC(CC(=O)NC(CO)C(O)CCCCCCCCCCCCCCCCCCC)OC(=O)CCCCCCCCCCCCCCCCC. The molecule has 0 saturated heterocycles. The Labute approximate surface area is 423 Å². The van der Waals surface area contributed by atoms with Crippen molar-refractivity contribution in [3.05, 3.63) is 48.6 Å². The van der Waals surface area contributed by atoms with Crippen LogP contribution < -0.4 is 5.32 Å². The molecule has 3 N–H and O–H groups in total.